The van der Waals surface area contributed by atoms with Crippen molar-refractivity contribution in [2.24, 2.45) is 5.92 Å². The van der Waals surface area contributed by atoms with Crippen LogP contribution >= 0.6 is 0 Å². The van der Waals surface area contributed by atoms with E-state index in [0.29, 0.717) is 18.5 Å². The van der Waals surface area contributed by atoms with E-state index in [-0.39, 0.29) is 12.0 Å². The highest BCUT2D eigenvalue weighted by Gasteiger charge is 2.31. The molecule has 6 heteroatoms. The average molecular weight is 273 g/mol. The Morgan fingerprint density at radius 3 is 2.32 bits per heavy atom. The molecular formula is C13H14F3NO2. The van der Waals surface area contributed by atoms with Crippen LogP contribution in [0.5, 0.6) is 0 Å². The molecule has 0 saturated heterocycles. The Morgan fingerprint density at radius 2 is 1.84 bits per heavy atom. The number of nitrogens with one attached hydrogen (secondary N) is 1. The lowest BCUT2D eigenvalue weighted by Gasteiger charge is -2.14. The van der Waals surface area contributed by atoms with E-state index in [1.165, 1.54) is 12.1 Å². The van der Waals surface area contributed by atoms with Crippen LogP contribution in [0.4, 0.5) is 18.9 Å². The molecule has 1 aromatic rings. The summed E-state index contributed by atoms with van der Waals surface area (Å²) < 4.78 is 37.1. The summed E-state index contributed by atoms with van der Waals surface area (Å²) in [7, 11) is 0. The summed E-state index contributed by atoms with van der Waals surface area (Å²) in [6.45, 7) is 0. The number of halogens is 3. The second kappa shape index (κ2) is 5.11. The fourth-order valence-electron chi connectivity index (χ4n) is 2.33. The molecule has 0 bridgehead atoms. The minimum atomic E-state index is -4.33. The summed E-state index contributed by atoms with van der Waals surface area (Å²) in [6.07, 6.45) is -2.50. The summed E-state index contributed by atoms with van der Waals surface area (Å²) in [5.74, 6) is -1.16. The van der Waals surface area contributed by atoms with Crippen molar-refractivity contribution in [3.63, 3.8) is 0 Å². The fraction of sp³-hybridized carbons (Fsp3) is 0.462. The molecular weight excluding hydrogens is 259 g/mol. The van der Waals surface area contributed by atoms with Crippen molar-refractivity contribution in [1.29, 1.82) is 0 Å². The van der Waals surface area contributed by atoms with Gasteiger partial charge in [0.05, 0.1) is 11.5 Å². The number of carbonyl (C=O) groups is 1. The monoisotopic (exact) mass is 273 g/mol. The zero-order valence-corrected chi connectivity index (χ0v) is 10.1. The van der Waals surface area contributed by atoms with E-state index in [9.17, 15) is 18.0 Å². The molecule has 2 rings (SSSR count). The minimum absolute atomic E-state index is 0.0119. The first kappa shape index (κ1) is 13.7. The Balaban J connectivity index is 1.96. The van der Waals surface area contributed by atoms with Gasteiger partial charge in [0.25, 0.3) is 0 Å². The Morgan fingerprint density at radius 1 is 1.21 bits per heavy atom. The van der Waals surface area contributed by atoms with Gasteiger partial charge in [0.2, 0.25) is 0 Å². The maximum atomic E-state index is 12.4. The molecule has 0 spiro atoms. The lowest BCUT2D eigenvalue weighted by Crippen LogP contribution is -2.18. The second-order valence-corrected chi connectivity index (χ2v) is 4.76. The van der Waals surface area contributed by atoms with E-state index >= 15 is 0 Å². The van der Waals surface area contributed by atoms with Crippen LogP contribution in [0, 0.1) is 5.92 Å². The van der Waals surface area contributed by atoms with Crippen LogP contribution in [0.15, 0.2) is 24.3 Å². The molecule has 2 atom stereocenters. The lowest BCUT2D eigenvalue weighted by atomic mass is 10.1. The molecule has 0 unspecified atom stereocenters. The van der Waals surface area contributed by atoms with Crippen LogP contribution in [0.1, 0.15) is 24.8 Å². The Bertz CT molecular complexity index is 456. The summed E-state index contributed by atoms with van der Waals surface area (Å²) in [5, 5.41) is 11.9. The molecule has 1 aliphatic rings. The summed E-state index contributed by atoms with van der Waals surface area (Å²) >= 11 is 0. The molecule has 104 valence electrons. The number of carboxylic acid groups (broad SMARTS) is 1. The smallest absolute Gasteiger partial charge is 0.416 e. The number of alkyl halides is 3. The van der Waals surface area contributed by atoms with Crippen LogP contribution in [0.2, 0.25) is 0 Å². The first-order chi connectivity index (χ1) is 8.86. The largest absolute Gasteiger partial charge is 0.481 e. The molecule has 0 aromatic heterocycles. The molecule has 1 fully saturated rings. The molecule has 1 aliphatic carbocycles. The van der Waals surface area contributed by atoms with E-state index in [1.54, 1.807) is 0 Å². The third-order valence-electron chi connectivity index (χ3n) is 3.36. The van der Waals surface area contributed by atoms with Crippen LogP contribution in [-0.2, 0) is 11.0 Å². The third kappa shape index (κ3) is 3.39. The Labute approximate surface area is 108 Å². The van der Waals surface area contributed by atoms with Crippen molar-refractivity contribution in [3.05, 3.63) is 29.8 Å². The molecule has 0 heterocycles. The van der Waals surface area contributed by atoms with Gasteiger partial charge in [-0.3, -0.25) is 4.79 Å². The fourth-order valence-corrected chi connectivity index (χ4v) is 2.33. The highest BCUT2D eigenvalue weighted by Crippen LogP contribution is 2.31. The van der Waals surface area contributed by atoms with Crippen LogP contribution in [0.25, 0.3) is 0 Å². The predicted molar refractivity (Wildman–Crippen MR) is 63.8 cm³/mol. The summed E-state index contributed by atoms with van der Waals surface area (Å²) in [5.41, 5.74) is -0.100. The quantitative estimate of drug-likeness (QED) is 0.887. The zero-order valence-electron chi connectivity index (χ0n) is 10.1. The number of anilines is 1. The first-order valence-corrected chi connectivity index (χ1v) is 6.03. The summed E-state index contributed by atoms with van der Waals surface area (Å²) in [4.78, 5) is 10.8. The van der Waals surface area contributed by atoms with E-state index in [2.05, 4.69) is 5.32 Å². The molecule has 19 heavy (non-hydrogen) atoms. The van der Waals surface area contributed by atoms with Gasteiger partial charge < -0.3 is 10.4 Å². The highest BCUT2D eigenvalue weighted by atomic mass is 19.4. The van der Waals surface area contributed by atoms with Gasteiger partial charge in [0.1, 0.15) is 0 Å². The van der Waals surface area contributed by atoms with Crippen molar-refractivity contribution >= 4 is 11.7 Å². The maximum Gasteiger partial charge on any atom is 0.416 e. The van der Waals surface area contributed by atoms with E-state index in [0.717, 1.165) is 18.6 Å². The lowest BCUT2D eigenvalue weighted by molar-refractivity contribution is -0.141. The van der Waals surface area contributed by atoms with Crippen molar-refractivity contribution in [1.82, 2.24) is 0 Å². The number of hydrogen-bond acceptors (Lipinski definition) is 2. The molecule has 0 aliphatic heterocycles. The average Bonchev–Trinajstić information content (AvgIpc) is 2.77. The Hall–Kier alpha value is -1.72. The van der Waals surface area contributed by atoms with E-state index < -0.39 is 17.7 Å². The Kier molecular flexibility index (Phi) is 3.68. The van der Waals surface area contributed by atoms with Gasteiger partial charge in [-0.25, -0.2) is 0 Å². The van der Waals surface area contributed by atoms with Crippen molar-refractivity contribution in [2.75, 3.05) is 5.32 Å². The van der Waals surface area contributed by atoms with Gasteiger partial charge in [-0.15, -0.1) is 0 Å². The van der Waals surface area contributed by atoms with Crippen molar-refractivity contribution in [3.8, 4) is 0 Å². The minimum Gasteiger partial charge on any atom is -0.481 e. The standard InChI is InChI=1S/C13H14F3NO2/c14-13(15,16)9-2-5-10(6-3-9)17-11-4-1-8(7-11)12(18)19/h2-3,5-6,8,11,17H,1,4,7H2,(H,18,19)/t8-,11+/m1/s1. The van der Waals surface area contributed by atoms with Gasteiger partial charge in [0, 0.05) is 11.7 Å². The van der Waals surface area contributed by atoms with Crippen molar-refractivity contribution < 1.29 is 23.1 Å². The molecule has 0 radical (unpaired) electrons. The van der Waals surface area contributed by atoms with Crippen LogP contribution < -0.4 is 5.32 Å². The number of aliphatic carboxylic acids is 1. The maximum absolute atomic E-state index is 12.4. The number of carboxylic acids is 1. The first-order valence-electron chi connectivity index (χ1n) is 6.03. The second-order valence-electron chi connectivity index (χ2n) is 4.76. The third-order valence-corrected chi connectivity index (χ3v) is 3.36. The SMILES string of the molecule is O=C(O)[C@@H]1CC[C@H](Nc2ccc(C(F)(F)F)cc2)C1. The number of rotatable bonds is 3. The number of hydrogen-bond donors (Lipinski definition) is 2. The normalized spacial score (nSPS) is 23.3. The highest BCUT2D eigenvalue weighted by molar-refractivity contribution is 5.70. The van der Waals surface area contributed by atoms with E-state index in [4.69, 9.17) is 5.11 Å². The van der Waals surface area contributed by atoms with E-state index in [1.807, 2.05) is 0 Å². The summed E-state index contributed by atoms with van der Waals surface area (Å²) in [6, 6.07) is 4.80. The van der Waals surface area contributed by atoms with Gasteiger partial charge in [-0.05, 0) is 43.5 Å². The van der Waals surface area contributed by atoms with Crippen LogP contribution in [0.3, 0.4) is 0 Å². The predicted octanol–water partition coefficient (Wildman–Crippen LogP) is 3.37. The number of benzene rings is 1. The van der Waals surface area contributed by atoms with Crippen molar-refractivity contribution in [2.45, 2.75) is 31.5 Å². The molecule has 3 nitrogen and oxygen atoms in total. The molecule has 0 amide bonds. The van der Waals surface area contributed by atoms with Gasteiger partial charge in [0.15, 0.2) is 0 Å². The molecule has 1 saturated carbocycles. The molecule has 2 N–H and O–H groups in total. The van der Waals surface area contributed by atoms with Gasteiger partial charge in [-0.2, -0.15) is 13.2 Å². The van der Waals surface area contributed by atoms with Gasteiger partial charge >= 0.3 is 12.1 Å². The molecule has 1 aromatic carbocycles. The zero-order chi connectivity index (χ0) is 14.0. The van der Waals surface area contributed by atoms with Gasteiger partial charge in [-0.1, -0.05) is 0 Å². The topological polar surface area (TPSA) is 49.3 Å². The van der Waals surface area contributed by atoms with Crippen LogP contribution in [-0.4, -0.2) is 17.1 Å².